The van der Waals surface area contributed by atoms with E-state index in [1.54, 1.807) is 13.8 Å². The molecular formula is C17H27ClF5N3O3. The number of amides is 2. The van der Waals surface area contributed by atoms with E-state index in [-0.39, 0.29) is 31.3 Å². The fourth-order valence-electron chi connectivity index (χ4n) is 2.90. The first-order valence-electron chi connectivity index (χ1n) is 8.98. The van der Waals surface area contributed by atoms with Gasteiger partial charge in [-0.2, -0.15) is 22.0 Å². The maximum absolute atomic E-state index is 13.5. The van der Waals surface area contributed by atoms with Crippen LogP contribution in [-0.4, -0.2) is 59.3 Å². The van der Waals surface area contributed by atoms with Gasteiger partial charge in [-0.15, -0.1) is 12.4 Å². The second kappa shape index (κ2) is 10.0. The number of likely N-dealkylation sites (tertiary alicyclic amines) is 1. The molecule has 0 unspecified atom stereocenters. The van der Waals surface area contributed by atoms with Crippen LogP contribution in [0.5, 0.6) is 0 Å². The molecule has 0 aliphatic carbocycles. The Bertz CT molecular complexity index is 614. The molecular weight excluding hydrogens is 425 g/mol. The van der Waals surface area contributed by atoms with Gasteiger partial charge in [-0.1, -0.05) is 27.7 Å². The van der Waals surface area contributed by atoms with E-state index in [4.69, 9.17) is 5.73 Å². The Morgan fingerprint density at radius 1 is 1.03 bits per heavy atom. The first-order valence-corrected chi connectivity index (χ1v) is 8.98. The number of nitrogens with zero attached hydrogens (tertiary/aromatic N) is 1. The Morgan fingerprint density at radius 2 is 1.55 bits per heavy atom. The van der Waals surface area contributed by atoms with Crippen molar-refractivity contribution in [3.8, 4) is 0 Å². The molecule has 1 saturated heterocycles. The highest BCUT2D eigenvalue weighted by Crippen LogP contribution is 2.37. The molecule has 3 atom stereocenters. The van der Waals surface area contributed by atoms with Gasteiger partial charge in [0.25, 0.3) is 0 Å². The first kappa shape index (κ1) is 27.5. The summed E-state index contributed by atoms with van der Waals surface area (Å²) in [7, 11) is 0. The minimum absolute atomic E-state index is 0. The molecule has 0 saturated carbocycles. The highest BCUT2D eigenvalue weighted by molar-refractivity contribution is 5.97. The van der Waals surface area contributed by atoms with Gasteiger partial charge in [-0.05, 0) is 24.7 Å². The highest BCUT2D eigenvalue weighted by atomic mass is 35.5. The molecule has 0 bridgehead atoms. The number of hydrogen-bond donors (Lipinski definition) is 2. The van der Waals surface area contributed by atoms with Crippen molar-refractivity contribution in [2.75, 3.05) is 6.54 Å². The van der Waals surface area contributed by atoms with Gasteiger partial charge in [-0.25, -0.2) is 0 Å². The van der Waals surface area contributed by atoms with Crippen LogP contribution in [0.1, 0.15) is 40.5 Å². The third kappa shape index (κ3) is 6.00. The van der Waals surface area contributed by atoms with Crippen LogP contribution in [0.15, 0.2) is 0 Å². The zero-order valence-electron chi connectivity index (χ0n) is 16.6. The van der Waals surface area contributed by atoms with Crippen LogP contribution < -0.4 is 11.1 Å². The number of rotatable bonds is 7. The monoisotopic (exact) mass is 451 g/mol. The number of nitrogens with two attached hydrogens (primary N) is 1. The van der Waals surface area contributed by atoms with E-state index >= 15 is 0 Å². The number of hydrogen-bond acceptors (Lipinski definition) is 4. The maximum Gasteiger partial charge on any atom is 0.461 e. The first-order chi connectivity index (χ1) is 12.6. The van der Waals surface area contributed by atoms with Crippen molar-refractivity contribution in [1.29, 1.82) is 0 Å². The molecule has 0 aromatic rings. The molecule has 1 aliphatic heterocycles. The van der Waals surface area contributed by atoms with Crippen molar-refractivity contribution in [2.24, 2.45) is 17.6 Å². The highest BCUT2D eigenvalue weighted by Gasteiger charge is 2.64. The van der Waals surface area contributed by atoms with Crippen LogP contribution in [-0.2, 0) is 14.4 Å². The van der Waals surface area contributed by atoms with Crippen molar-refractivity contribution in [2.45, 2.75) is 70.8 Å². The predicted molar refractivity (Wildman–Crippen MR) is 97.6 cm³/mol. The lowest BCUT2D eigenvalue weighted by Crippen LogP contribution is -2.59. The molecule has 2 amide bonds. The van der Waals surface area contributed by atoms with E-state index in [1.807, 2.05) is 5.32 Å². The Hall–Kier alpha value is -1.49. The average Bonchev–Trinajstić information content (AvgIpc) is 3.05. The number of alkyl halides is 5. The normalized spacial score (nSPS) is 19.7. The fourth-order valence-corrected chi connectivity index (χ4v) is 2.90. The summed E-state index contributed by atoms with van der Waals surface area (Å²) in [5.41, 5.74) is 5.80. The van der Waals surface area contributed by atoms with Crippen molar-refractivity contribution in [1.82, 2.24) is 10.2 Å². The molecule has 1 heterocycles. The molecule has 170 valence electrons. The van der Waals surface area contributed by atoms with Gasteiger partial charge in [0.15, 0.2) is 0 Å². The quantitative estimate of drug-likeness (QED) is 0.581. The van der Waals surface area contributed by atoms with Crippen molar-refractivity contribution in [3.05, 3.63) is 0 Å². The largest absolute Gasteiger partial charge is 0.461 e. The summed E-state index contributed by atoms with van der Waals surface area (Å²) < 4.78 is 64.5. The topological polar surface area (TPSA) is 92.5 Å². The van der Waals surface area contributed by atoms with Gasteiger partial charge in [0, 0.05) is 6.54 Å². The SMILES string of the molecule is CC(C)[C@H](N)C(=O)N1CCC[C@H]1C(=O)N[C@H](C(=O)C(F)(F)C(F)(F)F)C(C)C.Cl. The number of halogens is 6. The van der Waals surface area contributed by atoms with Gasteiger partial charge in [0.05, 0.1) is 12.1 Å². The van der Waals surface area contributed by atoms with Crippen LogP contribution in [0.25, 0.3) is 0 Å². The number of nitrogens with one attached hydrogen (secondary N) is 1. The summed E-state index contributed by atoms with van der Waals surface area (Å²) in [4.78, 5) is 38.0. The van der Waals surface area contributed by atoms with Gasteiger partial charge >= 0.3 is 12.1 Å². The standard InChI is InChI=1S/C17H26F5N3O3.ClH/c1-8(2)11(23)15(28)25-7-5-6-10(25)14(27)24-12(9(3)4)13(26)16(18,19)17(20,21)22;/h8-12H,5-7,23H2,1-4H3,(H,24,27);1H/t10-,11-,12-;/m0./s1. The second-order valence-corrected chi connectivity index (χ2v) is 7.63. The number of carbonyl (C=O) groups is 3. The van der Waals surface area contributed by atoms with E-state index in [2.05, 4.69) is 0 Å². The fraction of sp³-hybridized carbons (Fsp3) is 0.824. The molecule has 12 heteroatoms. The molecule has 0 aromatic heterocycles. The van der Waals surface area contributed by atoms with Gasteiger partial charge in [-0.3, -0.25) is 14.4 Å². The summed E-state index contributed by atoms with van der Waals surface area (Å²) >= 11 is 0. The average molecular weight is 452 g/mol. The third-order valence-corrected chi connectivity index (χ3v) is 4.75. The van der Waals surface area contributed by atoms with Gasteiger partial charge in [0.1, 0.15) is 6.04 Å². The number of Topliss-reactive ketones (excluding diaryl/α,β-unsaturated/α-hetero) is 1. The minimum Gasteiger partial charge on any atom is -0.344 e. The summed E-state index contributed by atoms with van der Waals surface area (Å²) in [6, 6.07) is -4.02. The van der Waals surface area contributed by atoms with Crippen LogP contribution in [0, 0.1) is 11.8 Å². The predicted octanol–water partition coefficient (Wildman–Crippen LogP) is 2.29. The molecule has 0 spiro atoms. The Labute approximate surface area is 172 Å². The van der Waals surface area contributed by atoms with Gasteiger partial charge in [0.2, 0.25) is 17.6 Å². The van der Waals surface area contributed by atoms with Crippen LogP contribution in [0.3, 0.4) is 0 Å². The smallest absolute Gasteiger partial charge is 0.344 e. The Morgan fingerprint density at radius 3 is 1.97 bits per heavy atom. The zero-order valence-corrected chi connectivity index (χ0v) is 17.4. The zero-order chi connectivity index (χ0) is 22.0. The van der Waals surface area contributed by atoms with Crippen molar-refractivity contribution < 1.29 is 36.3 Å². The van der Waals surface area contributed by atoms with Crippen LogP contribution in [0.4, 0.5) is 22.0 Å². The second-order valence-electron chi connectivity index (χ2n) is 7.63. The summed E-state index contributed by atoms with van der Waals surface area (Å²) in [5, 5.41) is 1.99. The lowest BCUT2D eigenvalue weighted by Gasteiger charge is -2.31. The molecule has 3 N–H and O–H groups in total. The third-order valence-electron chi connectivity index (χ3n) is 4.75. The van der Waals surface area contributed by atoms with E-state index in [1.165, 1.54) is 18.7 Å². The van der Waals surface area contributed by atoms with Crippen LogP contribution in [0.2, 0.25) is 0 Å². The Kier molecular flexibility index (Phi) is 9.50. The molecule has 0 radical (unpaired) electrons. The minimum atomic E-state index is -6.07. The lowest BCUT2D eigenvalue weighted by molar-refractivity contribution is -0.270. The molecule has 1 rings (SSSR count). The summed E-state index contributed by atoms with van der Waals surface area (Å²) in [6.07, 6.45) is -5.44. The Balaban J connectivity index is 0.00000784. The molecule has 0 aromatic carbocycles. The summed E-state index contributed by atoms with van der Waals surface area (Å²) in [6.45, 7) is 6.10. The number of ketones is 1. The van der Waals surface area contributed by atoms with Crippen molar-refractivity contribution in [3.63, 3.8) is 0 Å². The molecule has 29 heavy (non-hydrogen) atoms. The summed E-state index contributed by atoms with van der Waals surface area (Å²) in [5.74, 6) is -10.7. The number of carbonyl (C=O) groups excluding carboxylic acids is 3. The van der Waals surface area contributed by atoms with E-state index < -0.39 is 53.7 Å². The maximum atomic E-state index is 13.5. The lowest BCUT2D eigenvalue weighted by atomic mass is 9.95. The molecule has 1 fully saturated rings. The molecule has 1 aliphatic rings. The van der Waals surface area contributed by atoms with E-state index in [0.29, 0.717) is 6.42 Å². The molecule has 6 nitrogen and oxygen atoms in total. The van der Waals surface area contributed by atoms with Crippen LogP contribution >= 0.6 is 12.4 Å². The van der Waals surface area contributed by atoms with E-state index in [9.17, 15) is 36.3 Å². The van der Waals surface area contributed by atoms with Gasteiger partial charge < -0.3 is 16.0 Å². The van der Waals surface area contributed by atoms with E-state index in [0.717, 1.165) is 0 Å². The van der Waals surface area contributed by atoms with Crippen molar-refractivity contribution >= 4 is 30.0 Å².